The van der Waals surface area contributed by atoms with E-state index in [0.29, 0.717) is 22.3 Å². The fraction of sp³-hybridized carbons (Fsp3) is 0.391. The molecule has 4 rings (SSSR count). The number of hydrogen-bond acceptors (Lipinski definition) is 5. The zero-order chi connectivity index (χ0) is 38.7. The number of carbonyl (C=O) groups excluding carboxylic acids is 2. The van der Waals surface area contributed by atoms with Crippen LogP contribution in [-0.4, -0.2) is 34.1 Å². The molecular formula is C46H58O7. The topological polar surface area (TPSA) is 118 Å². The maximum atomic E-state index is 12.0. The molecule has 0 unspecified atom stereocenters. The van der Waals surface area contributed by atoms with Crippen molar-refractivity contribution in [2.24, 2.45) is 0 Å². The van der Waals surface area contributed by atoms with Gasteiger partial charge < -0.3 is 14.9 Å². The van der Waals surface area contributed by atoms with Gasteiger partial charge >= 0.3 is 23.9 Å². The third-order valence-electron chi connectivity index (χ3n) is 8.74. The van der Waals surface area contributed by atoms with E-state index in [1.54, 1.807) is 66.7 Å². The van der Waals surface area contributed by atoms with Crippen molar-refractivity contribution in [1.82, 2.24) is 0 Å². The average Bonchev–Trinajstić information content (AvgIpc) is 3.18. The minimum atomic E-state index is -0.854. The highest BCUT2D eigenvalue weighted by molar-refractivity contribution is 6.02. The molecule has 0 saturated heterocycles. The Labute approximate surface area is 316 Å². The van der Waals surface area contributed by atoms with Crippen LogP contribution in [0.1, 0.15) is 156 Å². The fourth-order valence-electron chi connectivity index (χ4n) is 5.48. The van der Waals surface area contributed by atoms with E-state index < -0.39 is 23.9 Å². The van der Waals surface area contributed by atoms with Gasteiger partial charge in [0, 0.05) is 0 Å². The van der Waals surface area contributed by atoms with Crippen molar-refractivity contribution >= 4 is 23.9 Å². The number of hydrogen-bond donors (Lipinski definition) is 2. The van der Waals surface area contributed by atoms with Crippen LogP contribution in [0.5, 0.6) is 0 Å². The summed E-state index contributed by atoms with van der Waals surface area (Å²) in [6.45, 7) is 6.58. The first-order valence-corrected chi connectivity index (χ1v) is 19.2. The SMILES string of the molecule is CCCCCCCc1ccc(C(=O)O)cc1.CCCCCCc1ccc(C(=O)O)cc1.CCCCCc1ccc(C(=O)OC(=O)c2ccccc2)cc1. The van der Waals surface area contributed by atoms with E-state index in [2.05, 4.69) is 20.8 Å². The van der Waals surface area contributed by atoms with Gasteiger partial charge in [-0.2, -0.15) is 0 Å². The van der Waals surface area contributed by atoms with Crippen LogP contribution in [0.2, 0.25) is 0 Å². The van der Waals surface area contributed by atoms with Gasteiger partial charge in [-0.3, -0.25) is 0 Å². The molecule has 2 N–H and O–H groups in total. The lowest BCUT2D eigenvalue weighted by Gasteiger charge is -2.05. The number of aryl methyl sites for hydroxylation is 3. The van der Waals surface area contributed by atoms with Gasteiger partial charge in [0.15, 0.2) is 0 Å². The number of benzene rings is 4. The number of rotatable bonds is 19. The molecule has 0 spiro atoms. The molecule has 0 aliphatic carbocycles. The third-order valence-corrected chi connectivity index (χ3v) is 8.74. The lowest BCUT2D eigenvalue weighted by atomic mass is 10.0. The minimum absolute atomic E-state index is 0.368. The molecule has 0 aliphatic heterocycles. The van der Waals surface area contributed by atoms with Crippen molar-refractivity contribution in [2.45, 2.75) is 117 Å². The quantitative estimate of drug-likeness (QED) is 0.0562. The molecule has 0 saturated carbocycles. The summed E-state index contributed by atoms with van der Waals surface area (Å²) >= 11 is 0. The van der Waals surface area contributed by atoms with Crippen LogP contribution in [0, 0.1) is 0 Å². The second-order valence-electron chi connectivity index (χ2n) is 13.2. The number of esters is 2. The Morgan fingerprint density at radius 1 is 0.396 bits per heavy atom. The van der Waals surface area contributed by atoms with E-state index in [-0.39, 0.29) is 0 Å². The molecule has 0 aromatic heterocycles. The molecule has 53 heavy (non-hydrogen) atoms. The molecule has 0 amide bonds. The maximum absolute atomic E-state index is 12.0. The molecule has 0 radical (unpaired) electrons. The number of ether oxygens (including phenoxy) is 1. The van der Waals surface area contributed by atoms with Crippen molar-refractivity contribution in [3.63, 3.8) is 0 Å². The summed E-state index contributed by atoms with van der Waals surface area (Å²) in [5.41, 5.74) is 5.16. The number of carboxylic acid groups (broad SMARTS) is 2. The molecule has 0 bridgehead atoms. The van der Waals surface area contributed by atoms with E-state index in [4.69, 9.17) is 14.9 Å². The molecule has 284 valence electrons. The van der Waals surface area contributed by atoms with Gasteiger partial charge in [-0.25, -0.2) is 19.2 Å². The molecular weight excluding hydrogens is 664 g/mol. The standard InChI is InChI=1S/C19H20O3.C14H20O2.C13H18O2/c1-2-3-5-8-15-11-13-17(14-12-15)19(21)22-18(20)16-9-6-4-7-10-16;1-2-3-4-5-6-7-12-8-10-13(11-9-12)14(15)16;1-2-3-4-5-6-11-7-9-12(10-8-11)13(14)15/h4,6-7,9-14H,2-3,5,8H2,1H3;8-11H,2-7H2,1H3,(H,15,16);7-10H,2-6H2,1H3,(H,14,15). The van der Waals surface area contributed by atoms with Crippen LogP contribution in [0.25, 0.3) is 0 Å². The van der Waals surface area contributed by atoms with Gasteiger partial charge in [-0.05, 0) is 104 Å². The number of carbonyl (C=O) groups is 4. The predicted octanol–water partition coefficient (Wildman–Crippen LogP) is 11.8. The van der Waals surface area contributed by atoms with Gasteiger partial charge in [0.2, 0.25) is 0 Å². The smallest absolute Gasteiger partial charge is 0.346 e. The molecule has 0 fully saturated rings. The van der Waals surface area contributed by atoms with Gasteiger partial charge in [0.05, 0.1) is 22.3 Å². The summed E-state index contributed by atoms with van der Waals surface area (Å²) in [6, 6.07) is 30.1. The normalized spacial score (nSPS) is 10.2. The Morgan fingerprint density at radius 2 is 0.698 bits per heavy atom. The zero-order valence-electron chi connectivity index (χ0n) is 31.9. The van der Waals surface area contributed by atoms with Crippen molar-refractivity contribution in [2.75, 3.05) is 0 Å². The summed E-state index contributed by atoms with van der Waals surface area (Å²) in [5.74, 6) is -2.95. The second-order valence-corrected chi connectivity index (χ2v) is 13.2. The number of unbranched alkanes of at least 4 members (excludes halogenated alkanes) is 9. The zero-order valence-corrected chi connectivity index (χ0v) is 31.9. The van der Waals surface area contributed by atoms with Crippen molar-refractivity contribution in [3.05, 3.63) is 142 Å². The third kappa shape index (κ3) is 18.9. The van der Waals surface area contributed by atoms with Crippen molar-refractivity contribution in [1.29, 1.82) is 0 Å². The fourth-order valence-corrected chi connectivity index (χ4v) is 5.48. The van der Waals surface area contributed by atoms with Crippen LogP contribution in [-0.2, 0) is 24.0 Å². The Balaban J connectivity index is 0.000000282. The molecule has 0 aliphatic rings. The molecule has 7 heteroatoms. The molecule has 4 aromatic carbocycles. The maximum Gasteiger partial charge on any atom is 0.346 e. The van der Waals surface area contributed by atoms with Gasteiger partial charge in [0.1, 0.15) is 0 Å². The van der Waals surface area contributed by atoms with E-state index in [1.807, 2.05) is 36.4 Å². The first-order valence-electron chi connectivity index (χ1n) is 19.2. The van der Waals surface area contributed by atoms with Gasteiger partial charge in [0.25, 0.3) is 0 Å². The van der Waals surface area contributed by atoms with E-state index in [1.165, 1.54) is 87.3 Å². The summed E-state index contributed by atoms with van der Waals surface area (Å²) in [6.07, 6.45) is 18.0. The monoisotopic (exact) mass is 722 g/mol. The lowest BCUT2D eigenvalue weighted by Crippen LogP contribution is -2.12. The second kappa shape index (κ2) is 26.7. The van der Waals surface area contributed by atoms with Gasteiger partial charge in [-0.15, -0.1) is 0 Å². The molecule has 7 nitrogen and oxygen atoms in total. The van der Waals surface area contributed by atoms with Crippen LogP contribution < -0.4 is 0 Å². The lowest BCUT2D eigenvalue weighted by molar-refractivity contribution is 0.0396. The Morgan fingerprint density at radius 3 is 1.08 bits per heavy atom. The van der Waals surface area contributed by atoms with E-state index in [0.717, 1.165) is 25.7 Å². The molecule has 0 heterocycles. The highest BCUT2D eigenvalue weighted by atomic mass is 16.6. The highest BCUT2D eigenvalue weighted by Gasteiger charge is 2.14. The summed E-state index contributed by atoms with van der Waals surface area (Å²) in [7, 11) is 0. The van der Waals surface area contributed by atoms with E-state index >= 15 is 0 Å². The molecule has 0 atom stereocenters. The summed E-state index contributed by atoms with van der Waals surface area (Å²) in [5, 5.41) is 17.5. The Hall–Kier alpha value is -5.04. The summed E-state index contributed by atoms with van der Waals surface area (Å²) in [4.78, 5) is 45.0. The number of carboxylic acids is 2. The van der Waals surface area contributed by atoms with Gasteiger partial charge in [-0.1, -0.05) is 133 Å². The largest absolute Gasteiger partial charge is 0.478 e. The average molecular weight is 723 g/mol. The number of aromatic carboxylic acids is 2. The minimum Gasteiger partial charge on any atom is -0.478 e. The first kappa shape index (κ1) is 44.1. The van der Waals surface area contributed by atoms with Crippen molar-refractivity contribution in [3.8, 4) is 0 Å². The summed E-state index contributed by atoms with van der Waals surface area (Å²) < 4.78 is 4.88. The van der Waals surface area contributed by atoms with Crippen molar-refractivity contribution < 1.29 is 34.1 Å². The van der Waals surface area contributed by atoms with E-state index in [9.17, 15) is 19.2 Å². The van der Waals surface area contributed by atoms with Crippen LogP contribution in [0.3, 0.4) is 0 Å². The molecule has 4 aromatic rings. The first-order chi connectivity index (χ1) is 25.7. The predicted molar refractivity (Wildman–Crippen MR) is 213 cm³/mol. The Kier molecular flexibility index (Phi) is 22.2. The highest BCUT2D eigenvalue weighted by Crippen LogP contribution is 2.13. The van der Waals surface area contributed by atoms with Crippen LogP contribution in [0.15, 0.2) is 103 Å². The van der Waals surface area contributed by atoms with Crippen LogP contribution in [0.4, 0.5) is 0 Å². The van der Waals surface area contributed by atoms with Crippen LogP contribution >= 0.6 is 0 Å². The Bertz CT molecular complexity index is 1610.